The minimum atomic E-state index is -0.181. The van der Waals surface area contributed by atoms with Gasteiger partial charge in [-0.05, 0) is 54.3 Å². The second-order valence-electron chi connectivity index (χ2n) is 6.46. The molecule has 0 saturated carbocycles. The van der Waals surface area contributed by atoms with Gasteiger partial charge in [0.15, 0.2) is 0 Å². The second kappa shape index (κ2) is 9.53. The van der Waals surface area contributed by atoms with Crippen molar-refractivity contribution in [3.05, 3.63) is 95.8 Å². The summed E-state index contributed by atoms with van der Waals surface area (Å²) in [6.45, 7) is 2.55. The molecule has 1 heterocycles. The summed E-state index contributed by atoms with van der Waals surface area (Å²) in [6, 6.07) is 21.6. The minimum Gasteiger partial charge on any atom is -0.494 e. The van der Waals surface area contributed by atoms with E-state index in [1.54, 1.807) is 12.4 Å². The van der Waals surface area contributed by atoms with Crippen LogP contribution in [0, 0.1) is 6.92 Å². The average molecular weight is 360 g/mol. The van der Waals surface area contributed by atoms with E-state index in [1.807, 2.05) is 73.7 Å². The lowest BCUT2D eigenvalue weighted by Gasteiger charge is -2.19. The Morgan fingerprint density at radius 2 is 1.74 bits per heavy atom. The van der Waals surface area contributed by atoms with Crippen LogP contribution < -0.4 is 10.1 Å². The van der Waals surface area contributed by atoms with E-state index in [9.17, 15) is 4.79 Å². The molecule has 0 fully saturated rings. The normalized spacial score (nSPS) is 11.6. The first-order chi connectivity index (χ1) is 13.2. The van der Waals surface area contributed by atoms with E-state index < -0.39 is 0 Å². The maximum Gasteiger partial charge on any atom is 0.220 e. The summed E-state index contributed by atoms with van der Waals surface area (Å²) in [4.78, 5) is 16.6. The van der Waals surface area contributed by atoms with Crippen LogP contribution in [-0.4, -0.2) is 17.5 Å². The Morgan fingerprint density at radius 1 is 1.00 bits per heavy atom. The summed E-state index contributed by atoms with van der Waals surface area (Å²) in [5, 5.41) is 3.14. The molecule has 2 aromatic carbocycles. The highest BCUT2D eigenvalue weighted by Gasteiger charge is 2.16. The number of carbonyl (C=O) groups is 1. The fourth-order valence-corrected chi connectivity index (χ4v) is 2.92. The fourth-order valence-electron chi connectivity index (χ4n) is 2.92. The van der Waals surface area contributed by atoms with E-state index >= 15 is 0 Å². The molecule has 0 aliphatic heterocycles. The van der Waals surface area contributed by atoms with Crippen LogP contribution in [0.1, 0.15) is 35.6 Å². The smallest absolute Gasteiger partial charge is 0.220 e. The first-order valence-corrected chi connectivity index (χ1v) is 9.16. The lowest BCUT2D eigenvalue weighted by molar-refractivity contribution is -0.121. The number of aryl methyl sites for hydroxylation is 1. The van der Waals surface area contributed by atoms with Gasteiger partial charge in [-0.15, -0.1) is 0 Å². The molecule has 4 nitrogen and oxygen atoms in total. The molecule has 138 valence electrons. The van der Waals surface area contributed by atoms with Gasteiger partial charge in [-0.3, -0.25) is 9.78 Å². The second-order valence-corrected chi connectivity index (χ2v) is 6.46. The van der Waals surface area contributed by atoms with Crippen LogP contribution in [0.3, 0.4) is 0 Å². The standard InChI is InChI=1S/C23H24N2O2/c1-18-7-5-10-21(17-18)27-16-6-11-22(26)25-23(19-8-3-2-4-9-19)20-12-14-24-15-13-20/h2-5,7-10,12-15,17,23H,6,11,16H2,1H3,(H,25,26). The summed E-state index contributed by atoms with van der Waals surface area (Å²) in [6.07, 6.45) is 4.57. The number of rotatable bonds is 8. The van der Waals surface area contributed by atoms with Crippen LogP contribution in [0.4, 0.5) is 0 Å². The molecule has 0 saturated heterocycles. The Bertz CT molecular complexity index is 811. The fraction of sp³-hybridized carbons (Fsp3) is 0.217. The molecule has 1 atom stereocenters. The third kappa shape index (κ3) is 5.68. The van der Waals surface area contributed by atoms with Crippen LogP contribution in [0.15, 0.2) is 79.1 Å². The van der Waals surface area contributed by atoms with Crippen molar-refractivity contribution in [2.45, 2.75) is 25.8 Å². The van der Waals surface area contributed by atoms with Crippen molar-refractivity contribution < 1.29 is 9.53 Å². The third-order valence-electron chi connectivity index (χ3n) is 4.28. The Kier molecular flexibility index (Phi) is 6.58. The van der Waals surface area contributed by atoms with Gasteiger partial charge < -0.3 is 10.1 Å². The van der Waals surface area contributed by atoms with Crippen molar-refractivity contribution in [3.63, 3.8) is 0 Å². The van der Waals surface area contributed by atoms with E-state index in [0.29, 0.717) is 19.4 Å². The molecule has 0 spiro atoms. The van der Waals surface area contributed by atoms with Crippen LogP contribution in [0.25, 0.3) is 0 Å². The summed E-state index contributed by atoms with van der Waals surface area (Å²) in [5.74, 6) is 0.850. The molecule has 4 heteroatoms. The molecule has 3 rings (SSSR count). The number of amides is 1. The number of pyridine rings is 1. The van der Waals surface area contributed by atoms with Crippen LogP contribution in [-0.2, 0) is 4.79 Å². The van der Waals surface area contributed by atoms with Gasteiger partial charge in [-0.25, -0.2) is 0 Å². The summed E-state index contributed by atoms with van der Waals surface area (Å²) < 4.78 is 5.72. The molecule has 3 aromatic rings. The number of benzene rings is 2. The molecule has 1 aromatic heterocycles. The Labute approximate surface area is 160 Å². The Balaban J connectivity index is 1.55. The Morgan fingerprint density at radius 3 is 2.48 bits per heavy atom. The van der Waals surface area contributed by atoms with Crippen LogP contribution >= 0.6 is 0 Å². The summed E-state index contributed by atoms with van der Waals surface area (Å²) in [5.41, 5.74) is 3.22. The lowest BCUT2D eigenvalue weighted by atomic mass is 9.99. The van der Waals surface area contributed by atoms with Gasteiger partial charge in [0.05, 0.1) is 12.6 Å². The molecular weight excluding hydrogens is 336 g/mol. The van der Waals surface area contributed by atoms with Gasteiger partial charge in [0.2, 0.25) is 5.91 Å². The molecule has 0 aliphatic rings. The number of hydrogen-bond acceptors (Lipinski definition) is 3. The van der Waals surface area contributed by atoms with Gasteiger partial charge in [-0.2, -0.15) is 0 Å². The molecule has 1 N–H and O–H groups in total. The van der Waals surface area contributed by atoms with E-state index in [-0.39, 0.29) is 11.9 Å². The van der Waals surface area contributed by atoms with Crippen LogP contribution in [0.2, 0.25) is 0 Å². The van der Waals surface area contributed by atoms with Crippen molar-refractivity contribution >= 4 is 5.91 Å². The SMILES string of the molecule is Cc1cccc(OCCCC(=O)NC(c2ccccc2)c2ccncc2)c1. The number of nitrogens with one attached hydrogen (secondary N) is 1. The van der Waals surface area contributed by atoms with E-state index in [0.717, 1.165) is 22.4 Å². The zero-order valence-corrected chi connectivity index (χ0v) is 15.5. The lowest BCUT2D eigenvalue weighted by Crippen LogP contribution is -2.29. The predicted octanol–water partition coefficient (Wildman–Crippen LogP) is 4.45. The average Bonchev–Trinajstić information content (AvgIpc) is 2.71. The molecular formula is C23H24N2O2. The van der Waals surface area contributed by atoms with E-state index in [2.05, 4.69) is 10.3 Å². The summed E-state index contributed by atoms with van der Waals surface area (Å²) >= 11 is 0. The van der Waals surface area contributed by atoms with Gasteiger partial charge in [-0.1, -0.05) is 42.5 Å². The largest absolute Gasteiger partial charge is 0.494 e. The molecule has 1 unspecified atom stereocenters. The predicted molar refractivity (Wildman–Crippen MR) is 107 cm³/mol. The highest BCUT2D eigenvalue weighted by atomic mass is 16.5. The van der Waals surface area contributed by atoms with Crippen LogP contribution in [0.5, 0.6) is 5.75 Å². The van der Waals surface area contributed by atoms with E-state index in [1.165, 1.54) is 0 Å². The maximum atomic E-state index is 12.5. The number of nitrogens with zero attached hydrogens (tertiary/aromatic N) is 1. The first-order valence-electron chi connectivity index (χ1n) is 9.16. The van der Waals surface area contributed by atoms with Crippen molar-refractivity contribution in [1.29, 1.82) is 0 Å². The molecule has 1 amide bonds. The van der Waals surface area contributed by atoms with Gasteiger partial charge in [0.1, 0.15) is 5.75 Å². The molecule has 0 aliphatic carbocycles. The van der Waals surface area contributed by atoms with E-state index in [4.69, 9.17) is 4.74 Å². The highest BCUT2D eigenvalue weighted by Crippen LogP contribution is 2.21. The first kappa shape index (κ1) is 18.6. The molecule has 0 radical (unpaired) electrons. The van der Waals surface area contributed by atoms with Crippen molar-refractivity contribution in [3.8, 4) is 5.75 Å². The number of aromatic nitrogens is 1. The molecule has 0 bridgehead atoms. The number of ether oxygens (including phenoxy) is 1. The third-order valence-corrected chi connectivity index (χ3v) is 4.28. The zero-order valence-electron chi connectivity index (χ0n) is 15.5. The molecule has 27 heavy (non-hydrogen) atoms. The van der Waals surface area contributed by atoms with Gasteiger partial charge in [0, 0.05) is 18.8 Å². The van der Waals surface area contributed by atoms with Crippen molar-refractivity contribution in [2.75, 3.05) is 6.61 Å². The quantitative estimate of drug-likeness (QED) is 0.604. The Hall–Kier alpha value is -3.14. The maximum absolute atomic E-state index is 12.5. The minimum absolute atomic E-state index is 0.00788. The summed E-state index contributed by atoms with van der Waals surface area (Å²) in [7, 11) is 0. The number of carbonyl (C=O) groups excluding carboxylic acids is 1. The van der Waals surface area contributed by atoms with Crippen molar-refractivity contribution in [2.24, 2.45) is 0 Å². The zero-order chi connectivity index (χ0) is 18.9. The van der Waals surface area contributed by atoms with Crippen molar-refractivity contribution in [1.82, 2.24) is 10.3 Å². The number of hydrogen-bond donors (Lipinski definition) is 1. The van der Waals surface area contributed by atoms with Gasteiger partial charge in [0.25, 0.3) is 0 Å². The topological polar surface area (TPSA) is 51.2 Å². The monoisotopic (exact) mass is 360 g/mol. The highest BCUT2D eigenvalue weighted by molar-refractivity contribution is 5.77. The van der Waals surface area contributed by atoms with Gasteiger partial charge >= 0.3 is 0 Å².